The molecular formula is C22H23NO4S. The summed E-state index contributed by atoms with van der Waals surface area (Å²) in [6.45, 7) is 2.06. The molecule has 3 rings (SSSR count). The van der Waals surface area contributed by atoms with Gasteiger partial charge in [-0.1, -0.05) is 42.5 Å². The summed E-state index contributed by atoms with van der Waals surface area (Å²) < 4.78 is 32.1. The molecule has 0 aliphatic rings. The van der Waals surface area contributed by atoms with Gasteiger partial charge in [-0.2, -0.15) is 0 Å². The maximum atomic E-state index is 12.4. The summed E-state index contributed by atoms with van der Waals surface area (Å²) in [5.41, 5.74) is 2.79. The summed E-state index contributed by atoms with van der Waals surface area (Å²) in [6, 6.07) is 16.6. The molecule has 0 aliphatic heterocycles. The lowest BCUT2D eigenvalue weighted by Crippen LogP contribution is -2.19. The van der Waals surface area contributed by atoms with E-state index in [-0.39, 0.29) is 16.2 Å². The molecule has 0 aliphatic carbocycles. The number of sulfone groups is 1. The Morgan fingerprint density at radius 1 is 0.964 bits per heavy atom. The van der Waals surface area contributed by atoms with E-state index in [1.165, 1.54) is 10.6 Å². The highest BCUT2D eigenvalue weighted by molar-refractivity contribution is 7.90. The van der Waals surface area contributed by atoms with Gasteiger partial charge in [-0.15, -0.1) is 0 Å². The maximum absolute atomic E-state index is 12.4. The van der Waals surface area contributed by atoms with Gasteiger partial charge in [-0.3, -0.25) is 4.79 Å². The van der Waals surface area contributed by atoms with Crippen LogP contribution >= 0.6 is 0 Å². The number of hydrogen-bond acceptors (Lipinski definition) is 4. The molecule has 0 fully saturated rings. The summed E-state index contributed by atoms with van der Waals surface area (Å²) >= 11 is 0. The highest BCUT2D eigenvalue weighted by atomic mass is 32.2. The Hall–Kier alpha value is -2.86. The van der Waals surface area contributed by atoms with Gasteiger partial charge in [-0.25, -0.2) is 8.42 Å². The number of hydrogen-bond donors (Lipinski definition) is 0. The average Bonchev–Trinajstić information content (AvgIpc) is 2.67. The van der Waals surface area contributed by atoms with Gasteiger partial charge in [0.25, 0.3) is 5.56 Å². The fraction of sp³-hybridized carbons (Fsp3) is 0.227. The third-order valence-corrected chi connectivity index (χ3v) is 5.78. The Morgan fingerprint density at radius 2 is 1.68 bits per heavy atom. The molecule has 3 aromatic rings. The molecule has 1 aromatic heterocycles. The molecular weight excluding hydrogens is 374 g/mol. The molecule has 0 atom stereocenters. The standard InChI is InChI=1S/C22H23NO4S/c1-16-18(12-14-23(2)22(16)24)19-10-7-11-20(28(3,25)26)21(19)27-15-13-17-8-5-4-6-9-17/h4-12,14H,13,15H2,1-3H3. The normalized spacial score (nSPS) is 11.4. The minimum atomic E-state index is -3.50. The molecule has 0 N–H and O–H groups in total. The lowest BCUT2D eigenvalue weighted by molar-refractivity contribution is 0.315. The maximum Gasteiger partial charge on any atom is 0.253 e. The van der Waals surface area contributed by atoms with Crippen LogP contribution in [-0.4, -0.2) is 25.8 Å². The van der Waals surface area contributed by atoms with Gasteiger partial charge in [0, 0.05) is 37.0 Å². The van der Waals surface area contributed by atoms with Gasteiger partial charge in [0.2, 0.25) is 0 Å². The third-order valence-electron chi connectivity index (χ3n) is 4.66. The Balaban J connectivity index is 2.06. The van der Waals surface area contributed by atoms with Crippen LogP contribution in [0.3, 0.4) is 0 Å². The number of pyridine rings is 1. The largest absolute Gasteiger partial charge is 0.491 e. The Kier molecular flexibility index (Phi) is 5.70. The zero-order valence-corrected chi connectivity index (χ0v) is 17.0. The van der Waals surface area contributed by atoms with E-state index in [1.54, 1.807) is 32.3 Å². The lowest BCUT2D eigenvalue weighted by Gasteiger charge is -2.17. The van der Waals surface area contributed by atoms with Crippen LogP contribution in [0.5, 0.6) is 5.75 Å². The lowest BCUT2D eigenvalue weighted by atomic mass is 10.0. The van der Waals surface area contributed by atoms with Crippen molar-refractivity contribution in [2.45, 2.75) is 18.2 Å². The molecule has 5 nitrogen and oxygen atoms in total. The van der Waals surface area contributed by atoms with E-state index < -0.39 is 9.84 Å². The van der Waals surface area contributed by atoms with E-state index in [9.17, 15) is 13.2 Å². The van der Waals surface area contributed by atoms with Crippen molar-refractivity contribution in [2.24, 2.45) is 7.05 Å². The first-order valence-electron chi connectivity index (χ1n) is 8.95. The van der Waals surface area contributed by atoms with Crippen molar-refractivity contribution < 1.29 is 13.2 Å². The van der Waals surface area contributed by atoms with Gasteiger partial charge in [0.05, 0.1) is 6.61 Å². The highest BCUT2D eigenvalue weighted by Crippen LogP contribution is 2.36. The summed E-state index contributed by atoms with van der Waals surface area (Å²) in [6.07, 6.45) is 3.48. The van der Waals surface area contributed by atoms with Gasteiger partial charge >= 0.3 is 0 Å². The fourth-order valence-electron chi connectivity index (χ4n) is 3.13. The number of para-hydroxylation sites is 1. The van der Waals surface area contributed by atoms with E-state index in [2.05, 4.69) is 0 Å². The first-order valence-corrected chi connectivity index (χ1v) is 10.8. The van der Waals surface area contributed by atoms with E-state index in [0.29, 0.717) is 29.7 Å². The topological polar surface area (TPSA) is 65.4 Å². The molecule has 6 heteroatoms. The van der Waals surface area contributed by atoms with Crippen molar-refractivity contribution in [1.29, 1.82) is 0 Å². The second-order valence-electron chi connectivity index (χ2n) is 6.76. The van der Waals surface area contributed by atoms with Crippen molar-refractivity contribution in [3.05, 3.63) is 82.3 Å². The molecule has 0 unspecified atom stereocenters. The minimum absolute atomic E-state index is 0.123. The summed E-state index contributed by atoms with van der Waals surface area (Å²) in [7, 11) is -1.81. The second-order valence-corrected chi connectivity index (χ2v) is 8.74. The van der Waals surface area contributed by atoms with Gasteiger partial charge < -0.3 is 9.30 Å². The van der Waals surface area contributed by atoms with Crippen LogP contribution in [0.1, 0.15) is 11.1 Å². The molecule has 0 radical (unpaired) electrons. The van der Waals surface area contributed by atoms with Crippen LogP contribution in [0.4, 0.5) is 0 Å². The number of rotatable bonds is 6. The quantitative estimate of drug-likeness (QED) is 0.640. The highest BCUT2D eigenvalue weighted by Gasteiger charge is 2.20. The van der Waals surface area contributed by atoms with Crippen molar-refractivity contribution in [3.63, 3.8) is 0 Å². The van der Waals surface area contributed by atoms with Crippen molar-refractivity contribution in [3.8, 4) is 16.9 Å². The SMILES string of the molecule is Cc1c(-c2cccc(S(C)(=O)=O)c2OCCc2ccccc2)ccn(C)c1=O. The van der Waals surface area contributed by atoms with E-state index in [1.807, 2.05) is 36.4 Å². The van der Waals surface area contributed by atoms with E-state index in [4.69, 9.17) is 4.74 Å². The van der Waals surface area contributed by atoms with E-state index >= 15 is 0 Å². The van der Waals surface area contributed by atoms with Crippen molar-refractivity contribution >= 4 is 9.84 Å². The number of aromatic nitrogens is 1. The second kappa shape index (κ2) is 8.02. The Bertz CT molecular complexity index is 1150. The molecule has 1 heterocycles. The smallest absolute Gasteiger partial charge is 0.253 e. The summed E-state index contributed by atoms with van der Waals surface area (Å²) in [5, 5.41) is 0. The first kappa shape index (κ1) is 19.9. The monoisotopic (exact) mass is 397 g/mol. The predicted molar refractivity (Wildman–Crippen MR) is 111 cm³/mol. The minimum Gasteiger partial charge on any atom is -0.491 e. The molecule has 28 heavy (non-hydrogen) atoms. The molecule has 0 saturated carbocycles. The van der Waals surface area contributed by atoms with Crippen molar-refractivity contribution in [2.75, 3.05) is 12.9 Å². The molecule has 146 valence electrons. The van der Waals surface area contributed by atoms with Crippen LogP contribution in [0.15, 0.2) is 70.5 Å². The first-order chi connectivity index (χ1) is 13.3. The van der Waals surface area contributed by atoms with Crippen LogP contribution in [-0.2, 0) is 23.3 Å². The summed E-state index contributed by atoms with van der Waals surface area (Å²) in [4.78, 5) is 12.5. The zero-order valence-electron chi connectivity index (χ0n) is 16.2. The van der Waals surface area contributed by atoms with Crippen LogP contribution < -0.4 is 10.3 Å². The molecule has 0 amide bonds. The average molecular weight is 397 g/mol. The zero-order chi connectivity index (χ0) is 20.3. The van der Waals surface area contributed by atoms with Crippen LogP contribution in [0, 0.1) is 6.92 Å². The number of nitrogens with zero attached hydrogens (tertiary/aromatic N) is 1. The Morgan fingerprint density at radius 3 is 2.36 bits per heavy atom. The molecule has 0 spiro atoms. The predicted octanol–water partition coefficient (Wildman–Crippen LogP) is 3.39. The molecule has 0 saturated heterocycles. The summed E-state index contributed by atoms with van der Waals surface area (Å²) in [5.74, 6) is 0.289. The Labute approximate surface area is 165 Å². The van der Waals surface area contributed by atoms with Gasteiger partial charge in [-0.05, 0) is 30.2 Å². The molecule has 0 bridgehead atoms. The number of benzene rings is 2. The van der Waals surface area contributed by atoms with E-state index in [0.717, 1.165) is 11.8 Å². The third kappa shape index (κ3) is 4.17. The number of ether oxygens (including phenoxy) is 1. The number of aryl methyl sites for hydroxylation is 1. The van der Waals surface area contributed by atoms with Gasteiger partial charge in [0.1, 0.15) is 10.6 Å². The van der Waals surface area contributed by atoms with Crippen LogP contribution in [0.25, 0.3) is 11.1 Å². The molecule has 2 aromatic carbocycles. The van der Waals surface area contributed by atoms with Crippen LogP contribution in [0.2, 0.25) is 0 Å². The van der Waals surface area contributed by atoms with Gasteiger partial charge in [0.15, 0.2) is 9.84 Å². The van der Waals surface area contributed by atoms with Crippen molar-refractivity contribution in [1.82, 2.24) is 4.57 Å². The fourth-order valence-corrected chi connectivity index (χ4v) is 3.97.